The Balaban J connectivity index is 2.46. The van der Waals surface area contributed by atoms with Gasteiger partial charge in [0.2, 0.25) is 0 Å². The van der Waals surface area contributed by atoms with Gasteiger partial charge in [-0.05, 0) is 32.0 Å². The summed E-state index contributed by atoms with van der Waals surface area (Å²) >= 11 is 1.69. The highest BCUT2D eigenvalue weighted by Crippen LogP contribution is 2.28. The molecule has 0 heterocycles. The molecule has 0 radical (unpaired) electrons. The topological polar surface area (TPSA) is 44.5 Å². The van der Waals surface area contributed by atoms with Crippen LogP contribution in [0.1, 0.15) is 13.8 Å². The number of benzene rings is 1. The molecule has 1 rings (SSSR count). The molecule has 1 aromatic carbocycles. The van der Waals surface area contributed by atoms with Gasteiger partial charge in [-0.2, -0.15) is 0 Å². The minimum atomic E-state index is 0.281. The van der Waals surface area contributed by atoms with E-state index in [4.69, 9.17) is 15.2 Å². The summed E-state index contributed by atoms with van der Waals surface area (Å²) in [6.45, 7) is 4.80. The third-order valence-corrected chi connectivity index (χ3v) is 3.05. The summed E-state index contributed by atoms with van der Waals surface area (Å²) in [5, 5.41) is 0. The second-order valence-electron chi connectivity index (χ2n) is 3.67. The Labute approximate surface area is 101 Å². The summed E-state index contributed by atoms with van der Waals surface area (Å²) in [7, 11) is 1.65. The molecule has 0 saturated carbocycles. The molecule has 4 heteroatoms. The van der Waals surface area contributed by atoms with Gasteiger partial charge in [0.05, 0.1) is 19.8 Å². The number of anilines is 1. The highest BCUT2D eigenvalue weighted by molar-refractivity contribution is 7.99. The van der Waals surface area contributed by atoms with Gasteiger partial charge >= 0.3 is 0 Å². The second kappa shape index (κ2) is 6.66. The van der Waals surface area contributed by atoms with Gasteiger partial charge in [-0.3, -0.25) is 0 Å². The van der Waals surface area contributed by atoms with Crippen molar-refractivity contribution in [3.63, 3.8) is 0 Å². The fourth-order valence-corrected chi connectivity index (χ4v) is 2.04. The lowest BCUT2D eigenvalue weighted by Gasteiger charge is -2.09. The molecule has 0 aliphatic heterocycles. The van der Waals surface area contributed by atoms with Crippen molar-refractivity contribution in [2.75, 3.05) is 25.2 Å². The SMILES string of the molecule is COc1ccc(N)c(SCCOC(C)C)c1. The van der Waals surface area contributed by atoms with E-state index in [0.29, 0.717) is 0 Å². The zero-order valence-corrected chi connectivity index (χ0v) is 10.8. The minimum absolute atomic E-state index is 0.281. The Morgan fingerprint density at radius 2 is 2.12 bits per heavy atom. The van der Waals surface area contributed by atoms with Crippen molar-refractivity contribution in [2.45, 2.75) is 24.8 Å². The molecule has 3 nitrogen and oxygen atoms in total. The van der Waals surface area contributed by atoms with Gasteiger partial charge in [-0.25, -0.2) is 0 Å². The molecule has 1 aromatic rings. The number of ether oxygens (including phenoxy) is 2. The maximum Gasteiger partial charge on any atom is 0.120 e. The summed E-state index contributed by atoms with van der Waals surface area (Å²) in [5.41, 5.74) is 6.66. The van der Waals surface area contributed by atoms with Crippen LogP contribution in [0, 0.1) is 0 Å². The monoisotopic (exact) mass is 241 g/mol. The minimum Gasteiger partial charge on any atom is -0.497 e. The van der Waals surface area contributed by atoms with E-state index in [1.54, 1.807) is 18.9 Å². The quantitative estimate of drug-likeness (QED) is 0.472. The molecule has 0 aliphatic rings. The van der Waals surface area contributed by atoms with E-state index in [1.807, 2.05) is 32.0 Å². The van der Waals surface area contributed by atoms with Crippen molar-refractivity contribution in [3.8, 4) is 5.75 Å². The summed E-state index contributed by atoms with van der Waals surface area (Å²) in [6, 6.07) is 5.68. The third-order valence-electron chi connectivity index (χ3n) is 2.01. The third kappa shape index (κ3) is 4.33. The van der Waals surface area contributed by atoms with Crippen molar-refractivity contribution in [2.24, 2.45) is 0 Å². The Hall–Kier alpha value is -0.870. The van der Waals surface area contributed by atoms with Crippen molar-refractivity contribution in [1.29, 1.82) is 0 Å². The predicted octanol–water partition coefficient (Wildman–Crippen LogP) is 2.79. The van der Waals surface area contributed by atoms with E-state index in [9.17, 15) is 0 Å². The average molecular weight is 241 g/mol. The first kappa shape index (κ1) is 13.2. The second-order valence-corrected chi connectivity index (χ2v) is 4.81. The summed E-state index contributed by atoms with van der Waals surface area (Å²) in [4.78, 5) is 1.05. The molecule has 0 atom stereocenters. The standard InChI is InChI=1S/C12H19NO2S/c1-9(2)15-6-7-16-12-8-10(14-3)4-5-11(12)13/h4-5,8-9H,6-7,13H2,1-3H3. The van der Waals surface area contributed by atoms with Gasteiger partial charge in [0, 0.05) is 16.3 Å². The van der Waals surface area contributed by atoms with Gasteiger partial charge in [0.15, 0.2) is 0 Å². The van der Waals surface area contributed by atoms with Crippen LogP contribution >= 0.6 is 11.8 Å². The number of nitrogens with two attached hydrogens (primary N) is 1. The van der Waals surface area contributed by atoms with Crippen LogP contribution in [-0.4, -0.2) is 25.6 Å². The number of thioether (sulfide) groups is 1. The maximum atomic E-state index is 5.87. The van der Waals surface area contributed by atoms with Crippen molar-refractivity contribution in [1.82, 2.24) is 0 Å². The molecule has 90 valence electrons. The average Bonchev–Trinajstić information content (AvgIpc) is 2.26. The van der Waals surface area contributed by atoms with Crippen molar-refractivity contribution >= 4 is 17.4 Å². The van der Waals surface area contributed by atoms with Gasteiger partial charge in [0.25, 0.3) is 0 Å². The summed E-state index contributed by atoms with van der Waals surface area (Å²) in [6.07, 6.45) is 0.281. The largest absolute Gasteiger partial charge is 0.497 e. The van der Waals surface area contributed by atoms with Crippen LogP contribution in [0.25, 0.3) is 0 Å². The van der Waals surface area contributed by atoms with Crippen LogP contribution in [0.4, 0.5) is 5.69 Å². The molecular formula is C12H19NO2S. The molecule has 0 aromatic heterocycles. The van der Waals surface area contributed by atoms with E-state index >= 15 is 0 Å². The molecule has 0 spiro atoms. The Kier molecular flexibility index (Phi) is 5.49. The number of rotatable bonds is 6. The first-order chi connectivity index (χ1) is 7.63. The molecular weight excluding hydrogens is 222 g/mol. The maximum absolute atomic E-state index is 5.87. The van der Waals surface area contributed by atoms with Gasteiger partial charge in [0.1, 0.15) is 5.75 Å². The van der Waals surface area contributed by atoms with Crippen LogP contribution in [-0.2, 0) is 4.74 Å². The predicted molar refractivity (Wildman–Crippen MR) is 69.2 cm³/mol. The van der Waals surface area contributed by atoms with Crippen LogP contribution in [0.5, 0.6) is 5.75 Å². The number of hydrogen-bond acceptors (Lipinski definition) is 4. The van der Waals surface area contributed by atoms with Gasteiger partial charge in [-0.15, -0.1) is 11.8 Å². The van der Waals surface area contributed by atoms with Crippen LogP contribution < -0.4 is 10.5 Å². The molecule has 0 fully saturated rings. The van der Waals surface area contributed by atoms with E-state index < -0.39 is 0 Å². The van der Waals surface area contributed by atoms with Crippen molar-refractivity contribution < 1.29 is 9.47 Å². The fraction of sp³-hybridized carbons (Fsp3) is 0.500. The molecule has 16 heavy (non-hydrogen) atoms. The van der Waals surface area contributed by atoms with Gasteiger partial charge in [-0.1, -0.05) is 0 Å². The zero-order valence-electron chi connectivity index (χ0n) is 10.0. The lowest BCUT2D eigenvalue weighted by molar-refractivity contribution is 0.0920. The van der Waals surface area contributed by atoms with E-state index in [1.165, 1.54) is 0 Å². The number of methoxy groups -OCH3 is 1. The Bertz CT molecular complexity index is 329. The molecule has 2 N–H and O–H groups in total. The van der Waals surface area contributed by atoms with E-state index in [2.05, 4.69) is 0 Å². The first-order valence-electron chi connectivity index (χ1n) is 5.31. The lowest BCUT2D eigenvalue weighted by atomic mass is 10.3. The Morgan fingerprint density at radius 3 is 2.75 bits per heavy atom. The molecule has 0 bridgehead atoms. The fourth-order valence-electron chi connectivity index (χ4n) is 1.20. The lowest BCUT2D eigenvalue weighted by Crippen LogP contribution is -2.05. The number of nitrogen functional groups attached to an aromatic ring is 1. The molecule has 0 amide bonds. The van der Waals surface area contributed by atoms with Crippen LogP contribution in [0.2, 0.25) is 0 Å². The molecule has 0 unspecified atom stereocenters. The van der Waals surface area contributed by atoms with Crippen molar-refractivity contribution in [3.05, 3.63) is 18.2 Å². The van der Waals surface area contributed by atoms with Gasteiger partial charge < -0.3 is 15.2 Å². The highest BCUT2D eigenvalue weighted by Gasteiger charge is 2.02. The number of hydrogen-bond donors (Lipinski definition) is 1. The molecule has 0 aliphatic carbocycles. The summed E-state index contributed by atoms with van der Waals surface area (Å²) < 4.78 is 10.6. The smallest absolute Gasteiger partial charge is 0.120 e. The zero-order chi connectivity index (χ0) is 12.0. The Morgan fingerprint density at radius 1 is 1.38 bits per heavy atom. The van der Waals surface area contributed by atoms with Crippen LogP contribution in [0.3, 0.4) is 0 Å². The van der Waals surface area contributed by atoms with Crippen LogP contribution in [0.15, 0.2) is 23.1 Å². The van der Waals surface area contributed by atoms with E-state index in [0.717, 1.165) is 28.7 Å². The summed E-state index contributed by atoms with van der Waals surface area (Å²) in [5.74, 6) is 1.73. The normalized spacial score (nSPS) is 10.8. The van der Waals surface area contributed by atoms with E-state index in [-0.39, 0.29) is 6.10 Å². The highest BCUT2D eigenvalue weighted by atomic mass is 32.2. The molecule has 0 saturated heterocycles. The first-order valence-corrected chi connectivity index (χ1v) is 6.30.